The van der Waals surface area contributed by atoms with Gasteiger partial charge < -0.3 is 5.73 Å². The third kappa shape index (κ3) is 2.19. The highest BCUT2D eigenvalue weighted by Crippen LogP contribution is 2.37. The van der Waals surface area contributed by atoms with Gasteiger partial charge in [-0.25, -0.2) is 4.39 Å². The Kier molecular flexibility index (Phi) is 2.52. The van der Waals surface area contributed by atoms with Crippen LogP contribution in [0.4, 0.5) is 4.39 Å². The lowest BCUT2D eigenvalue weighted by Gasteiger charge is -2.09. The molecule has 1 aliphatic carbocycles. The molecule has 0 atom stereocenters. The van der Waals surface area contributed by atoms with Crippen LogP contribution < -0.4 is 5.73 Å². The molecule has 1 fully saturated rings. The Bertz CT molecular complexity index is 395. The lowest BCUT2D eigenvalue weighted by molar-refractivity contribution is 0.0967. The summed E-state index contributed by atoms with van der Waals surface area (Å²) in [6.07, 6.45) is 1.82. The van der Waals surface area contributed by atoms with Crippen LogP contribution in [-0.4, -0.2) is 11.3 Å². The van der Waals surface area contributed by atoms with E-state index in [0.717, 1.165) is 12.8 Å². The summed E-state index contributed by atoms with van der Waals surface area (Å²) in [5.74, 6) is -0.880. The molecule has 1 aromatic rings. The number of halogens is 2. The normalized spacial score (nSPS) is 17.5. The van der Waals surface area contributed by atoms with E-state index in [4.69, 9.17) is 17.3 Å². The van der Waals surface area contributed by atoms with Crippen LogP contribution in [0.5, 0.6) is 0 Å². The van der Waals surface area contributed by atoms with Gasteiger partial charge in [-0.1, -0.05) is 17.7 Å². The van der Waals surface area contributed by atoms with Crippen molar-refractivity contribution in [3.05, 3.63) is 34.6 Å². The largest absolute Gasteiger partial charge is 0.325 e. The molecule has 0 heterocycles. The number of ketones is 1. The summed E-state index contributed by atoms with van der Waals surface area (Å²) in [4.78, 5) is 11.7. The predicted octanol–water partition coefficient (Wildman–Crippen LogP) is 2.54. The van der Waals surface area contributed by atoms with Crippen molar-refractivity contribution in [2.24, 2.45) is 5.73 Å². The van der Waals surface area contributed by atoms with E-state index in [9.17, 15) is 9.18 Å². The highest BCUT2D eigenvalue weighted by molar-refractivity contribution is 6.34. The zero-order valence-corrected chi connectivity index (χ0v) is 8.85. The van der Waals surface area contributed by atoms with Crippen molar-refractivity contribution < 1.29 is 9.18 Å². The predicted molar refractivity (Wildman–Crippen MR) is 56.5 cm³/mol. The number of Topliss-reactive ketones (excluding diaryl/α,β-unsaturated/α-hetero) is 1. The molecule has 0 unspecified atom stereocenters. The van der Waals surface area contributed by atoms with Gasteiger partial charge in [0.1, 0.15) is 5.82 Å². The van der Waals surface area contributed by atoms with Crippen molar-refractivity contribution in [3.63, 3.8) is 0 Å². The van der Waals surface area contributed by atoms with Gasteiger partial charge in [0.2, 0.25) is 0 Å². The van der Waals surface area contributed by atoms with Crippen LogP contribution in [0, 0.1) is 5.82 Å². The molecule has 0 spiro atoms. The van der Waals surface area contributed by atoms with Crippen molar-refractivity contribution >= 4 is 17.4 Å². The van der Waals surface area contributed by atoms with Gasteiger partial charge in [-0.3, -0.25) is 4.79 Å². The fraction of sp³-hybridized carbons (Fsp3) is 0.364. The first-order valence-electron chi connectivity index (χ1n) is 4.78. The first-order chi connectivity index (χ1) is 7.02. The van der Waals surface area contributed by atoms with Crippen LogP contribution in [0.15, 0.2) is 18.2 Å². The summed E-state index contributed by atoms with van der Waals surface area (Å²) in [5, 5.41) is 0.157. The highest BCUT2D eigenvalue weighted by atomic mass is 35.5. The lowest BCUT2D eigenvalue weighted by atomic mass is 10.0. The van der Waals surface area contributed by atoms with Gasteiger partial charge in [0, 0.05) is 12.0 Å². The van der Waals surface area contributed by atoms with Crippen molar-refractivity contribution in [1.29, 1.82) is 0 Å². The molecular formula is C11H11ClFNO. The number of nitrogens with two attached hydrogens (primary N) is 1. The maximum atomic E-state index is 13.4. The van der Waals surface area contributed by atoms with Crippen LogP contribution in [0.1, 0.15) is 29.6 Å². The van der Waals surface area contributed by atoms with Gasteiger partial charge >= 0.3 is 0 Å². The van der Waals surface area contributed by atoms with Crippen LogP contribution >= 0.6 is 11.6 Å². The van der Waals surface area contributed by atoms with E-state index < -0.39 is 11.4 Å². The van der Waals surface area contributed by atoms with E-state index in [0.29, 0.717) is 0 Å². The van der Waals surface area contributed by atoms with E-state index in [-0.39, 0.29) is 22.8 Å². The summed E-state index contributed by atoms with van der Waals surface area (Å²) in [6.45, 7) is 0. The molecular weight excluding hydrogens is 217 g/mol. The van der Waals surface area contributed by atoms with E-state index in [1.54, 1.807) is 0 Å². The minimum absolute atomic E-state index is 0.0316. The fourth-order valence-electron chi connectivity index (χ4n) is 1.51. The zero-order valence-electron chi connectivity index (χ0n) is 8.09. The van der Waals surface area contributed by atoms with Crippen molar-refractivity contribution in [1.82, 2.24) is 0 Å². The number of carbonyl (C=O) groups excluding carboxylic acids is 1. The monoisotopic (exact) mass is 227 g/mol. The fourth-order valence-corrected chi connectivity index (χ4v) is 1.78. The van der Waals surface area contributed by atoms with Gasteiger partial charge in [-0.2, -0.15) is 0 Å². The average molecular weight is 228 g/mol. The number of rotatable bonds is 3. The Labute approximate surface area is 92.2 Å². The Morgan fingerprint density at radius 3 is 2.73 bits per heavy atom. The minimum Gasteiger partial charge on any atom is -0.325 e. The molecule has 2 rings (SSSR count). The van der Waals surface area contributed by atoms with Crippen LogP contribution in [0.3, 0.4) is 0 Å². The summed E-state index contributed by atoms with van der Waals surface area (Å²) in [7, 11) is 0. The van der Waals surface area contributed by atoms with E-state index >= 15 is 0 Å². The summed E-state index contributed by atoms with van der Waals surface area (Å²) >= 11 is 5.77. The first kappa shape index (κ1) is 10.6. The second-order valence-electron chi connectivity index (χ2n) is 4.06. The number of hydrogen-bond acceptors (Lipinski definition) is 2. The molecule has 0 radical (unpaired) electrons. The second kappa shape index (κ2) is 3.58. The van der Waals surface area contributed by atoms with Gasteiger partial charge in [0.25, 0.3) is 0 Å². The Balaban J connectivity index is 2.25. The zero-order chi connectivity index (χ0) is 11.1. The molecule has 2 N–H and O–H groups in total. The Hall–Kier alpha value is -0.930. The number of hydrogen-bond donors (Lipinski definition) is 1. The quantitative estimate of drug-likeness (QED) is 0.807. The summed E-state index contributed by atoms with van der Waals surface area (Å²) < 4.78 is 13.4. The third-order valence-electron chi connectivity index (χ3n) is 2.65. The van der Waals surface area contributed by atoms with Gasteiger partial charge in [0.15, 0.2) is 5.78 Å². The highest BCUT2D eigenvalue weighted by Gasteiger charge is 2.40. The van der Waals surface area contributed by atoms with Gasteiger partial charge in [-0.05, 0) is 25.0 Å². The minimum atomic E-state index is -0.572. The Morgan fingerprint density at radius 1 is 1.53 bits per heavy atom. The smallest absolute Gasteiger partial charge is 0.169 e. The molecule has 0 bridgehead atoms. The van der Waals surface area contributed by atoms with Crippen molar-refractivity contribution in [2.75, 3.05) is 0 Å². The van der Waals surface area contributed by atoms with Crippen molar-refractivity contribution in [3.8, 4) is 0 Å². The molecule has 4 heteroatoms. The summed E-state index contributed by atoms with van der Waals surface area (Å²) in [6, 6.07) is 4.22. The van der Waals surface area contributed by atoms with E-state index in [1.807, 2.05) is 0 Å². The van der Waals surface area contributed by atoms with Crippen molar-refractivity contribution in [2.45, 2.75) is 24.8 Å². The van der Waals surface area contributed by atoms with E-state index in [2.05, 4.69) is 0 Å². The topological polar surface area (TPSA) is 43.1 Å². The summed E-state index contributed by atoms with van der Waals surface area (Å²) in [5.41, 5.74) is 5.35. The molecule has 80 valence electrons. The van der Waals surface area contributed by atoms with Gasteiger partial charge in [-0.15, -0.1) is 0 Å². The second-order valence-corrected chi connectivity index (χ2v) is 4.47. The first-order valence-corrected chi connectivity index (χ1v) is 5.16. The Morgan fingerprint density at radius 2 is 2.20 bits per heavy atom. The number of benzene rings is 1. The molecule has 0 saturated heterocycles. The molecule has 2 nitrogen and oxygen atoms in total. The maximum Gasteiger partial charge on any atom is 0.169 e. The van der Waals surface area contributed by atoms with Crippen LogP contribution in [0.2, 0.25) is 5.02 Å². The molecule has 1 saturated carbocycles. The standard InChI is InChI=1S/C11H11ClFNO/c12-7-2-1-3-8(13)10(7)9(15)6-11(14)4-5-11/h1-3H,4-6,14H2. The molecule has 15 heavy (non-hydrogen) atoms. The van der Waals surface area contributed by atoms with Crippen LogP contribution in [-0.2, 0) is 0 Å². The molecule has 0 aliphatic heterocycles. The molecule has 0 aromatic heterocycles. The van der Waals surface area contributed by atoms with E-state index in [1.165, 1.54) is 18.2 Å². The average Bonchev–Trinajstić information content (AvgIpc) is 2.82. The number of carbonyl (C=O) groups is 1. The SMILES string of the molecule is NC1(CC(=O)c2c(F)cccc2Cl)CC1. The molecule has 0 amide bonds. The van der Waals surface area contributed by atoms with Crippen LogP contribution in [0.25, 0.3) is 0 Å². The third-order valence-corrected chi connectivity index (χ3v) is 2.96. The van der Waals surface area contributed by atoms with Gasteiger partial charge in [0.05, 0.1) is 10.6 Å². The molecule has 1 aromatic carbocycles. The maximum absolute atomic E-state index is 13.4. The molecule has 1 aliphatic rings. The lowest BCUT2D eigenvalue weighted by Crippen LogP contribution is -2.26.